The molecule has 0 aromatic carbocycles. The summed E-state index contributed by atoms with van der Waals surface area (Å²) >= 11 is 0. The highest BCUT2D eigenvalue weighted by Crippen LogP contribution is 2.38. The first-order chi connectivity index (χ1) is 13.5. The first kappa shape index (κ1) is 17.9. The van der Waals surface area contributed by atoms with Crippen molar-refractivity contribution < 1.29 is 14.4 Å². The van der Waals surface area contributed by atoms with Crippen LogP contribution in [0, 0.1) is 5.92 Å². The Kier molecular flexibility index (Phi) is 4.42. The molecule has 0 spiro atoms. The number of aromatic nitrogens is 2. The number of rotatable bonds is 3. The number of likely N-dealkylation sites (tertiary alicyclic amines) is 1. The number of aromatic amines is 1. The third kappa shape index (κ3) is 2.84. The van der Waals surface area contributed by atoms with Crippen LogP contribution in [0.1, 0.15) is 28.9 Å². The molecule has 4 amide bonds. The lowest BCUT2D eigenvalue weighted by Crippen LogP contribution is -2.54. The van der Waals surface area contributed by atoms with E-state index in [0.717, 1.165) is 0 Å². The van der Waals surface area contributed by atoms with Crippen molar-refractivity contribution >= 4 is 17.8 Å². The predicted octanol–water partition coefficient (Wildman–Crippen LogP) is 0.357. The van der Waals surface area contributed by atoms with Crippen LogP contribution in [0.2, 0.25) is 0 Å². The standard InChI is InChI=1S/C19H19N5O4/c25-15-13(4-3-9-21-15)16(26)24-10-6-12(7-11-24)19(14-5-1-2-8-20-14)17(27)22-18(28)23-19/h1-5,8-9,12H,6-7,10-11H2,(H,21,25)(H2,22,23,27,28)/t19-/m1/s1. The first-order valence-corrected chi connectivity index (χ1v) is 9.04. The maximum absolute atomic E-state index is 12.7. The SMILES string of the molecule is O=C1NC(=O)[C@](c2ccccn2)(C2CCN(C(=O)c3ccc[nH]c3=O)CC2)N1. The van der Waals surface area contributed by atoms with E-state index >= 15 is 0 Å². The molecule has 3 N–H and O–H groups in total. The molecule has 2 saturated heterocycles. The molecule has 9 nitrogen and oxygen atoms in total. The first-order valence-electron chi connectivity index (χ1n) is 9.04. The number of pyridine rings is 2. The fourth-order valence-corrected chi connectivity index (χ4v) is 4.02. The predicted molar refractivity (Wildman–Crippen MR) is 98.3 cm³/mol. The number of piperidine rings is 1. The van der Waals surface area contributed by atoms with Crippen molar-refractivity contribution in [1.29, 1.82) is 0 Å². The molecule has 0 aliphatic carbocycles. The number of urea groups is 1. The Balaban J connectivity index is 1.57. The van der Waals surface area contributed by atoms with Gasteiger partial charge in [-0.2, -0.15) is 0 Å². The summed E-state index contributed by atoms with van der Waals surface area (Å²) in [6.45, 7) is 0.741. The molecule has 28 heavy (non-hydrogen) atoms. The van der Waals surface area contributed by atoms with Crippen molar-refractivity contribution in [3.8, 4) is 0 Å². The monoisotopic (exact) mass is 381 g/mol. The number of H-pyrrole nitrogens is 1. The average Bonchev–Trinajstić information content (AvgIpc) is 3.03. The molecule has 0 radical (unpaired) electrons. The summed E-state index contributed by atoms with van der Waals surface area (Å²) in [5.41, 5.74) is -1.12. The summed E-state index contributed by atoms with van der Waals surface area (Å²) < 4.78 is 0. The lowest BCUT2D eigenvalue weighted by molar-refractivity contribution is -0.127. The van der Waals surface area contributed by atoms with Crippen LogP contribution in [0.25, 0.3) is 0 Å². The minimum Gasteiger partial charge on any atom is -0.338 e. The number of hydrogen-bond donors (Lipinski definition) is 3. The quantitative estimate of drug-likeness (QED) is 0.662. The van der Waals surface area contributed by atoms with E-state index in [2.05, 4.69) is 20.6 Å². The van der Waals surface area contributed by atoms with Crippen LogP contribution in [0.15, 0.2) is 47.5 Å². The molecule has 0 bridgehead atoms. The second-order valence-electron chi connectivity index (χ2n) is 6.91. The third-order valence-electron chi connectivity index (χ3n) is 5.41. The van der Waals surface area contributed by atoms with Gasteiger partial charge in [-0.15, -0.1) is 0 Å². The molecule has 144 valence electrons. The van der Waals surface area contributed by atoms with Crippen LogP contribution in [0.5, 0.6) is 0 Å². The Morgan fingerprint density at radius 2 is 1.89 bits per heavy atom. The molecule has 2 fully saturated rings. The fraction of sp³-hybridized carbons (Fsp3) is 0.316. The molecule has 1 atom stereocenters. The second-order valence-corrected chi connectivity index (χ2v) is 6.91. The Morgan fingerprint density at radius 3 is 2.50 bits per heavy atom. The maximum atomic E-state index is 12.7. The summed E-state index contributed by atoms with van der Waals surface area (Å²) in [6, 6.07) is 7.77. The van der Waals surface area contributed by atoms with Crippen LogP contribution in [0.3, 0.4) is 0 Å². The van der Waals surface area contributed by atoms with E-state index in [-0.39, 0.29) is 17.4 Å². The Bertz CT molecular complexity index is 981. The Hall–Kier alpha value is -3.49. The van der Waals surface area contributed by atoms with Crippen molar-refractivity contribution in [2.24, 2.45) is 5.92 Å². The van der Waals surface area contributed by atoms with E-state index in [1.165, 1.54) is 12.3 Å². The van der Waals surface area contributed by atoms with Gasteiger partial charge in [-0.3, -0.25) is 24.7 Å². The Labute approximate surface area is 160 Å². The van der Waals surface area contributed by atoms with Gasteiger partial charge in [-0.25, -0.2) is 4.79 Å². The highest BCUT2D eigenvalue weighted by atomic mass is 16.2. The summed E-state index contributed by atoms with van der Waals surface area (Å²) in [7, 11) is 0. The smallest absolute Gasteiger partial charge is 0.322 e. The molecule has 9 heteroatoms. The van der Waals surface area contributed by atoms with Crippen molar-refractivity contribution in [3.05, 3.63) is 64.3 Å². The van der Waals surface area contributed by atoms with Gasteiger partial charge in [0.2, 0.25) is 0 Å². The molecular weight excluding hydrogens is 362 g/mol. The maximum Gasteiger partial charge on any atom is 0.322 e. The normalized spacial score (nSPS) is 22.6. The molecule has 2 aliphatic rings. The Morgan fingerprint density at radius 1 is 1.11 bits per heavy atom. The van der Waals surface area contributed by atoms with Gasteiger partial charge < -0.3 is 15.2 Å². The number of hydrogen-bond acceptors (Lipinski definition) is 5. The van der Waals surface area contributed by atoms with E-state index in [1.54, 1.807) is 35.4 Å². The summed E-state index contributed by atoms with van der Waals surface area (Å²) in [5.74, 6) is -1.00. The van der Waals surface area contributed by atoms with E-state index < -0.39 is 23.0 Å². The minimum absolute atomic E-state index is 0.0901. The highest BCUT2D eigenvalue weighted by Gasteiger charge is 2.54. The van der Waals surface area contributed by atoms with Crippen LogP contribution < -0.4 is 16.2 Å². The summed E-state index contributed by atoms with van der Waals surface area (Å²) in [6.07, 6.45) is 4.03. The van der Waals surface area contributed by atoms with E-state index in [0.29, 0.717) is 31.6 Å². The van der Waals surface area contributed by atoms with Crippen molar-refractivity contribution in [2.45, 2.75) is 18.4 Å². The van der Waals surface area contributed by atoms with Gasteiger partial charge in [0.25, 0.3) is 17.4 Å². The highest BCUT2D eigenvalue weighted by molar-refractivity contribution is 6.07. The average molecular weight is 381 g/mol. The summed E-state index contributed by atoms with van der Waals surface area (Å²) in [5, 5.41) is 5.08. The number of nitrogens with zero attached hydrogens (tertiary/aromatic N) is 2. The molecule has 2 aliphatic heterocycles. The third-order valence-corrected chi connectivity index (χ3v) is 5.41. The van der Waals surface area contributed by atoms with E-state index in [1.807, 2.05) is 0 Å². The zero-order valence-corrected chi connectivity index (χ0v) is 15.0. The van der Waals surface area contributed by atoms with Gasteiger partial charge in [0.15, 0.2) is 5.54 Å². The largest absolute Gasteiger partial charge is 0.338 e. The van der Waals surface area contributed by atoms with Gasteiger partial charge in [0, 0.05) is 31.4 Å². The van der Waals surface area contributed by atoms with Gasteiger partial charge >= 0.3 is 6.03 Å². The van der Waals surface area contributed by atoms with Gasteiger partial charge in [0.1, 0.15) is 5.56 Å². The zero-order valence-electron chi connectivity index (χ0n) is 15.0. The van der Waals surface area contributed by atoms with Crippen molar-refractivity contribution in [3.63, 3.8) is 0 Å². The van der Waals surface area contributed by atoms with Crippen LogP contribution in [-0.2, 0) is 10.3 Å². The fourth-order valence-electron chi connectivity index (χ4n) is 4.02. The second kappa shape index (κ2) is 6.91. The number of imide groups is 1. The van der Waals surface area contributed by atoms with E-state index in [9.17, 15) is 19.2 Å². The van der Waals surface area contributed by atoms with Gasteiger partial charge in [0.05, 0.1) is 5.69 Å². The minimum atomic E-state index is -1.25. The molecule has 0 saturated carbocycles. The van der Waals surface area contributed by atoms with Crippen LogP contribution >= 0.6 is 0 Å². The molecule has 2 aromatic heterocycles. The molecular formula is C19H19N5O4. The molecule has 0 unspecified atom stereocenters. The number of carbonyl (C=O) groups is 3. The van der Waals surface area contributed by atoms with Gasteiger partial charge in [-0.1, -0.05) is 6.07 Å². The van der Waals surface area contributed by atoms with Crippen molar-refractivity contribution in [2.75, 3.05) is 13.1 Å². The molecule has 4 rings (SSSR count). The molecule has 2 aromatic rings. The van der Waals surface area contributed by atoms with Crippen LogP contribution in [0.4, 0.5) is 4.79 Å². The summed E-state index contributed by atoms with van der Waals surface area (Å²) in [4.78, 5) is 57.6. The van der Waals surface area contributed by atoms with Gasteiger partial charge in [-0.05, 0) is 37.1 Å². The number of carbonyl (C=O) groups excluding carboxylic acids is 3. The van der Waals surface area contributed by atoms with Crippen molar-refractivity contribution in [1.82, 2.24) is 25.5 Å². The number of amides is 4. The lowest BCUT2D eigenvalue weighted by Gasteiger charge is -2.40. The van der Waals surface area contributed by atoms with Crippen LogP contribution in [-0.4, -0.2) is 45.8 Å². The topological polar surface area (TPSA) is 124 Å². The molecule has 4 heterocycles. The zero-order chi connectivity index (χ0) is 19.7. The van der Waals surface area contributed by atoms with E-state index in [4.69, 9.17) is 0 Å². The lowest BCUT2D eigenvalue weighted by atomic mass is 9.75. The number of nitrogens with one attached hydrogen (secondary N) is 3.